The van der Waals surface area contributed by atoms with Crippen LogP contribution in [0.4, 0.5) is 0 Å². The smallest absolute Gasteiger partial charge is 0.237 e. The average Bonchev–Trinajstić information content (AvgIpc) is 2.38. The molecule has 0 aromatic heterocycles. The van der Waals surface area contributed by atoms with Crippen molar-refractivity contribution in [1.82, 2.24) is 10.0 Å². The van der Waals surface area contributed by atoms with Crippen LogP contribution < -0.4 is 15.8 Å². The number of rotatable bonds is 7. The molecule has 1 atom stereocenters. The Labute approximate surface area is 119 Å². The molecule has 1 unspecified atom stereocenters. The largest absolute Gasteiger partial charge is 0.355 e. The molecule has 0 heterocycles. The van der Waals surface area contributed by atoms with Crippen molar-refractivity contribution in [3.63, 3.8) is 0 Å². The van der Waals surface area contributed by atoms with E-state index in [4.69, 9.17) is 5.73 Å². The molecule has 0 radical (unpaired) electrons. The van der Waals surface area contributed by atoms with E-state index in [1.54, 1.807) is 25.1 Å². The Morgan fingerprint density at radius 2 is 2.00 bits per heavy atom. The number of hydrogen-bond acceptors (Lipinski definition) is 4. The Kier molecular flexibility index (Phi) is 6.12. The molecule has 112 valence electrons. The zero-order chi connectivity index (χ0) is 15.2. The minimum atomic E-state index is -3.57. The second-order valence-electron chi connectivity index (χ2n) is 4.52. The first-order valence-corrected chi connectivity index (χ1v) is 8.08. The number of hydrogen-bond donors (Lipinski definition) is 3. The van der Waals surface area contributed by atoms with Gasteiger partial charge in [-0.2, -0.15) is 0 Å². The topological polar surface area (TPSA) is 101 Å². The number of nitrogens with two attached hydrogens (primary N) is 1. The van der Waals surface area contributed by atoms with Crippen LogP contribution in [0.3, 0.4) is 0 Å². The van der Waals surface area contributed by atoms with Gasteiger partial charge in [0.05, 0.1) is 11.8 Å². The number of sulfonamides is 1. The SMILES string of the molecule is CCNC(=O)C(C)NS(=O)(=O)Cc1cccc(CN)c1. The van der Waals surface area contributed by atoms with E-state index in [1.165, 1.54) is 6.92 Å². The Hall–Kier alpha value is -1.44. The highest BCUT2D eigenvalue weighted by Gasteiger charge is 2.20. The molecular weight excluding hydrogens is 278 g/mol. The lowest BCUT2D eigenvalue weighted by Gasteiger charge is -2.14. The van der Waals surface area contributed by atoms with E-state index in [1.807, 2.05) is 6.07 Å². The lowest BCUT2D eigenvalue weighted by atomic mass is 10.1. The molecular formula is C13H21N3O3S. The highest BCUT2D eigenvalue weighted by atomic mass is 32.2. The first-order valence-electron chi connectivity index (χ1n) is 6.43. The maximum Gasteiger partial charge on any atom is 0.237 e. The van der Waals surface area contributed by atoms with Gasteiger partial charge in [0.1, 0.15) is 0 Å². The van der Waals surface area contributed by atoms with Crippen molar-refractivity contribution in [3.05, 3.63) is 35.4 Å². The van der Waals surface area contributed by atoms with Crippen LogP contribution in [0.1, 0.15) is 25.0 Å². The summed E-state index contributed by atoms with van der Waals surface area (Å²) in [5, 5.41) is 2.57. The molecule has 0 aliphatic rings. The fourth-order valence-corrected chi connectivity index (χ4v) is 3.11. The van der Waals surface area contributed by atoms with Crippen LogP contribution in [0.15, 0.2) is 24.3 Å². The van der Waals surface area contributed by atoms with Gasteiger partial charge in [-0.1, -0.05) is 24.3 Å². The van der Waals surface area contributed by atoms with Crippen molar-refractivity contribution < 1.29 is 13.2 Å². The van der Waals surface area contributed by atoms with Gasteiger partial charge in [0.15, 0.2) is 0 Å². The lowest BCUT2D eigenvalue weighted by Crippen LogP contribution is -2.45. The number of carbonyl (C=O) groups excluding carboxylic acids is 1. The molecule has 7 heteroatoms. The summed E-state index contributed by atoms with van der Waals surface area (Å²) >= 11 is 0. The summed E-state index contributed by atoms with van der Waals surface area (Å²) in [6.45, 7) is 4.11. The molecule has 0 aliphatic heterocycles. The molecule has 20 heavy (non-hydrogen) atoms. The van der Waals surface area contributed by atoms with Crippen LogP contribution in [0, 0.1) is 0 Å². The van der Waals surface area contributed by atoms with Crippen LogP contribution >= 0.6 is 0 Å². The summed E-state index contributed by atoms with van der Waals surface area (Å²) in [5.74, 6) is -0.517. The number of benzene rings is 1. The normalized spacial score (nSPS) is 12.9. The van der Waals surface area contributed by atoms with Gasteiger partial charge in [-0.25, -0.2) is 13.1 Å². The number of carbonyl (C=O) groups is 1. The zero-order valence-electron chi connectivity index (χ0n) is 11.7. The fraction of sp³-hybridized carbons (Fsp3) is 0.462. The van der Waals surface area contributed by atoms with E-state index in [0.717, 1.165) is 5.56 Å². The monoisotopic (exact) mass is 299 g/mol. The molecule has 1 aromatic carbocycles. The third-order valence-electron chi connectivity index (χ3n) is 2.68. The first-order chi connectivity index (χ1) is 9.38. The summed E-state index contributed by atoms with van der Waals surface area (Å²) in [6, 6.07) is 6.27. The zero-order valence-corrected chi connectivity index (χ0v) is 12.5. The average molecular weight is 299 g/mol. The summed E-state index contributed by atoms with van der Waals surface area (Å²) < 4.78 is 26.3. The van der Waals surface area contributed by atoms with E-state index in [-0.39, 0.29) is 11.7 Å². The van der Waals surface area contributed by atoms with Gasteiger partial charge in [0.25, 0.3) is 0 Å². The Bertz CT molecular complexity index is 558. The van der Waals surface area contributed by atoms with Gasteiger partial charge in [0.2, 0.25) is 15.9 Å². The summed E-state index contributed by atoms with van der Waals surface area (Å²) in [4.78, 5) is 11.5. The summed E-state index contributed by atoms with van der Waals surface area (Å²) in [5.41, 5.74) is 7.03. The van der Waals surface area contributed by atoms with Crippen molar-refractivity contribution in [1.29, 1.82) is 0 Å². The van der Waals surface area contributed by atoms with Crippen LogP contribution in [-0.4, -0.2) is 26.9 Å². The van der Waals surface area contributed by atoms with Gasteiger partial charge in [0, 0.05) is 13.1 Å². The van der Waals surface area contributed by atoms with Crippen molar-refractivity contribution in [2.75, 3.05) is 6.54 Å². The summed E-state index contributed by atoms with van der Waals surface area (Å²) in [7, 11) is -3.57. The predicted molar refractivity (Wildman–Crippen MR) is 78.2 cm³/mol. The molecule has 0 aliphatic carbocycles. The van der Waals surface area contributed by atoms with Crippen LogP contribution in [-0.2, 0) is 27.1 Å². The molecule has 1 rings (SSSR count). The van der Waals surface area contributed by atoms with E-state index >= 15 is 0 Å². The van der Waals surface area contributed by atoms with E-state index < -0.39 is 16.1 Å². The maximum atomic E-state index is 12.0. The lowest BCUT2D eigenvalue weighted by molar-refractivity contribution is -0.122. The van der Waals surface area contributed by atoms with Crippen LogP contribution in [0.25, 0.3) is 0 Å². The summed E-state index contributed by atoms with van der Waals surface area (Å²) in [6.07, 6.45) is 0. The first kappa shape index (κ1) is 16.6. The van der Waals surface area contributed by atoms with E-state index in [0.29, 0.717) is 18.7 Å². The van der Waals surface area contributed by atoms with Gasteiger partial charge < -0.3 is 11.1 Å². The molecule has 0 saturated carbocycles. The highest BCUT2D eigenvalue weighted by Crippen LogP contribution is 2.08. The van der Waals surface area contributed by atoms with Crippen molar-refractivity contribution in [3.8, 4) is 0 Å². The van der Waals surface area contributed by atoms with Gasteiger partial charge in [-0.05, 0) is 25.0 Å². The second-order valence-corrected chi connectivity index (χ2v) is 6.27. The number of amides is 1. The van der Waals surface area contributed by atoms with Crippen molar-refractivity contribution in [2.45, 2.75) is 32.2 Å². The molecule has 0 spiro atoms. The van der Waals surface area contributed by atoms with E-state index in [9.17, 15) is 13.2 Å². The number of likely N-dealkylation sites (N-methyl/N-ethyl adjacent to an activating group) is 1. The minimum Gasteiger partial charge on any atom is -0.355 e. The Morgan fingerprint density at radius 1 is 1.35 bits per heavy atom. The van der Waals surface area contributed by atoms with Crippen molar-refractivity contribution >= 4 is 15.9 Å². The van der Waals surface area contributed by atoms with Gasteiger partial charge >= 0.3 is 0 Å². The van der Waals surface area contributed by atoms with Crippen molar-refractivity contribution in [2.24, 2.45) is 5.73 Å². The molecule has 1 aromatic rings. The molecule has 0 fully saturated rings. The van der Waals surface area contributed by atoms with Gasteiger partial charge in [-0.3, -0.25) is 4.79 Å². The predicted octanol–water partition coefficient (Wildman–Crippen LogP) is 0.0893. The quantitative estimate of drug-likeness (QED) is 0.664. The molecule has 6 nitrogen and oxygen atoms in total. The minimum absolute atomic E-state index is 0.176. The molecule has 0 bridgehead atoms. The molecule has 4 N–H and O–H groups in total. The Balaban J connectivity index is 2.72. The molecule has 0 saturated heterocycles. The van der Waals surface area contributed by atoms with Crippen LogP contribution in [0.2, 0.25) is 0 Å². The van der Waals surface area contributed by atoms with Crippen LogP contribution in [0.5, 0.6) is 0 Å². The second kappa shape index (κ2) is 7.37. The van der Waals surface area contributed by atoms with Gasteiger partial charge in [-0.15, -0.1) is 0 Å². The fourth-order valence-electron chi connectivity index (χ4n) is 1.76. The highest BCUT2D eigenvalue weighted by molar-refractivity contribution is 7.88. The Morgan fingerprint density at radius 3 is 2.60 bits per heavy atom. The third-order valence-corrected chi connectivity index (χ3v) is 4.11. The molecule has 1 amide bonds. The standard InChI is InChI=1S/C13H21N3O3S/c1-3-15-13(17)10(2)16-20(18,19)9-12-6-4-5-11(7-12)8-14/h4-7,10,16H,3,8-9,14H2,1-2H3,(H,15,17). The number of nitrogens with one attached hydrogen (secondary N) is 2. The van der Waals surface area contributed by atoms with E-state index in [2.05, 4.69) is 10.0 Å². The third kappa shape index (κ3) is 5.28. The maximum absolute atomic E-state index is 12.0.